The Bertz CT molecular complexity index is 227. The van der Waals surface area contributed by atoms with Gasteiger partial charge in [-0.1, -0.05) is 13.8 Å². The van der Waals surface area contributed by atoms with E-state index in [0.29, 0.717) is 5.92 Å². The molecule has 1 heterocycles. The van der Waals surface area contributed by atoms with Crippen LogP contribution >= 0.6 is 0 Å². The molecule has 0 aliphatic carbocycles. The molecule has 0 saturated heterocycles. The molecule has 1 rings (SSSR count). The Morgan fingerprint density at radius 2 is 2.33 bits per heavy atom. The van der Waals surface area contributed by atoms with Crippen LogP contribution in [0.15, 0.2) is 12.5 Å². The molecule has 3 heteroatoms. The minimum Gasteiger partial charge on any atom is -0.334 e. The molecule has 0 unspecified atom stereocenters. The minimum absolute atomic E-state index is 0.547. The summed E-state index contributed by atoms with van der Waals surface area (Å²) in [5.74, 6) is 0.547. The lowest BCUT2D eigenvalue weighted by molar-refractivity contribution is 0.605. The second kappa shape index (κ2) is 4.26. The zero-order chi connectivity index (χ0) is 8.97. The molecule has 0 bridgehead atoms. The number of rotatable bonds is 4. The third kappa shape index (κ3) is 2.08. The van der Waals surface area contributed by atoms with Gasteiger partial charge < -0.3 is 10.3 Å². The Balaban J connectivity index is 2.64. The Hall–Kier alpha value is -0.830. The molecular formula is C9H17N3. The predicted molar refractivity (Wildman–Crippen MR) is 50.0 cm³/mol. The minimum atomic E-state index is 0.547. The van der Waals surface area contributed by atoms with Crippen molar-refractivity contribution in [1.29, 1.82) is 0 Å². The molecule has 0 aromatic carbocycles. The van der Waals surface area contributed by atoms with Gasteiger partial charge in [0.1, 0.15) is 0 Å². The Morgan fingerprint density at radius 1 is 1.58 bits per heavy atom. The van der Waals surface area contributed by atoms with E-state index in [-0.39, 0.29) is 0 Å². The fourth-order valence-electron chi connectivity index (χ4n) is 1.26. The molecule has 12 heavy (non-hydrogen) atoms. The highest BCUT2D eigenvalue weighted by atomic mass is 15.0. The van der Waals surface area contributed by atoms with E-state index in [0.717, 1.165) is 19.5 Å². The van der Waals surface area contributed by atoms with Crippen LogP contribution in [0.5, 0.6) is 0 Å². The topological polar surface area (TPSA) is 43.8 Å². The molecule has 0 atom stereocenters. The van der Waals surface area contributed by atoms with E-state index in [2.05, 4.69) is 23.4 Å². The fraction of sp³-hybridized carbons (Fsp3) is 0.667. The smallest absolute Gasteiger partial charge is 0.0948 e. The second-order valence-electron chi connectivity index (χ2n) is 3.31. The predicted octanol–water partition coefficient (Wildman–Crippen LogP) is 1.36. The molecule has 1 aromatic rings. The van der Waals surface area contributed by atoms with Crippen molar-refractivity contribution in [2.45, 2.75) is 32.7 Å². The quantitative estimate of drug-likeness (QED) is 0.735. The second-order valence-corrected chi connectivity index (χ2v) is 3.31. The third-order valence-electron chi connectivity index (χ3n) is 1.94. The van der Waals surface area contributed by atoms with Gasteiger partial charge in [0.05, 0.1) is 6.33 Å². The standard InChI is InChI=1S/C9H17N3/c1-8(2)9-6-11-7-12(9)5-3-4-10/h6-8H,3-5,10H2,1-2H3. The first-order chi connectivity index (χ1) is 5.75. The van der Waals surface area contributed by atoms with Crippen LogP contribution in [-0.2, 0) is 6.54 Å². The van der Waals surface area contributed by atoms with Crippen LogP contribution in [0.25, 0.3) is 0 Å². The van der Waals surface area contributed by atoms with E-state index >= 15 is 0 Å². The largest absolute Gasteiger partial charge is 0.334 e. The Labute approximate surface area is 73.6 Å². The lowest BCUT2D eigenvalue weighted by Crippen LogP contribution is -2.08. The zero-order valence-electron chi connectivity index (χ0n) is 7.83. The number of nitrogens with two attached hydrogens (primary N) is 1. The van der Waals surface area contributed by atoms with Crippen LogP contribution in [-0.4, -0.2) is 16.1 Å². The van der Waals surface area contributed by atoms with Gasteiger partial charge in [0, 0.05) is 18.4 Å². The molecule has 0 saturated carbocycles. The highest BCUT2D eigenvalue weighted by molar-refractivity contribution is 5.03. The van der Waals surface area contributed by atoms with Crippen molar-refractivity contribution in [3.05, 3.63) is 18.2 Å². The molecule has 3 nitrogen and oxygen atoms in total. The number of imidazole rings is 1. The number of nitrogens with zero attached hydrogens (tertiary/aromatic N) is 2. The molecule has 0 aliphatic heterocycles. The van der Waals surface area contributed by atoms with E-state index in [1.807, 2.05) is 12.5 Å². The summed E-state index contributed by atoms with van der Waals surface area (Å²) in [6.45, 7) is 6.09. The molecule has 0 radical (unpaired) electrons. The number of aryl methyl sites for hydroxylation is 1. The van der Waals surface area contributed by atoms with Crippen molar-refractivity contribution in [3.8, 4) is 0 Å². The summed E-state index contributed by atoms with van der Waals surface area (Å²) in [5.41, 5.74) is 6.73. The molecule has 0 amide bonds. The number of hydrogen-bond donors (Lipinski definition) is 1. The van der Waals surface area contributed by atoms with Crippen LogP contribution in [0, 0.1) is 0 Å². The summed E-state index contributed by atoms with van der Waals surface area (Å²) in [5, 5.41) is 0. The van der Waals surface area contributed by atoms with E-state index < -0.39 is 0 Å². The van der Waals surface area contributed by atoms with Crippen molar-refractivity contribution < 1.29 is 0 Å². The fourth-order valence-corrected chi connectivity index (χ4v) is 1.26. The molecule has 1 aromatic heterocycles. The summed E-state index contributed by atoms with van der Waals surface area (Å²) in [6.07, 6.45) is 4.84. The molecule has 0 spiro atoms. The van der Waals surface area contributed by atoms with Gasteiger partial charge in [-0.3, -0.25) is 0 Å². The average molecular weight is 167 g/mol. The Kier molecular flexibility index (Phi) is 3.29. The summed E-state index contributed by atoms with van der Waals surface area (Å²) in [7, 11) is 0. The highest BCUT2D eigenvalue weighted by Crippen LogP contribution is 2.13. The molecular weight excluding hydrogens is 150 g/mol. The first kappa shape index (κ1) is 9.26. The van der Waals surface area contributed by atoms with Gasteiger partial charge >= 0.3 is 0 Å². The van der Waals surface area contributed by atoms with Crippen molar-refractivity contribution in [3.63, 3.8) is 0 Å². The van der Waals surface area contributed by atoms with Gasteiger partial charge in [-0.05, 0) is 18.9 Å². The van der Waals surface area contributed by atoms with Gasteiger partial charge in [-0.2, -0.15) is 0 Å². The van der Waals surface area contributed by atoms with Crippen LogP contribution in [0.3, 0.4) is 0 Å². The molecule has 68 valence electrons. The SMILES string of the molecule is CC(C)c1cncn1CCCN. The lowest BCUT2D eigenvalue weighted by Gasteiger charge is -2.09. The van der Waals surface area contributed by atoms with Gasteiger partial charge in [-0.15, -0.1) is 0 Å². The van der Waals surface area contributed by atoms with Crippen molar-refractivity contribution in [2.75, 3.05) is 6.54 Å². The van der Waals surface area contributed by atoms with E-state index in [4.69, 9.17) is 5.73 Å². The number of hydrogen-bond acceptors (Lipinski definition) is 2. The van der Waals surface area contributed by atoms with Crippen molar-refractivity contribution in [2.24, 2.45) is 5.73 Å². The van der Waals surface area contributed by atoms with E-state index in [1.165, 1.54) is 5.69 Å². The van der Waals surface area contributed by atoms with Crippen molar-refractivity contribution >= 4 is 0 Å². The first-order valence-corrected chi connectivity index (χ1v) is 4.45. The van der Waals surface area contributed by atoms with E-state index in [1.54, 1.807) is 0 Å². The van der Waals surface area contributed by atoms with Crippen LogP contribution in [0.1, 0.15) is 31.9 Å². The Morgan fingerprint density at radius 3 is 2.92 bits per heavy atom. The lowest BCUT2D eigenvalue weighted by atomic mass is 10.1. The summed E-state index contributed by atoms with van der Waals surface area (Å²) in [6, 6.07) is 0. The van der Waals surface area contributed by atoms with Crippen molar-refractivity contribution in [1.82, 2.24) is 9.55 Å². The van der Waals surface area contributed by atoms with Crippen LogP contribution < -0.4 is 5.73 Å². The summed E-state index contributed by atoms with van der Waals surface area (Å²) < 4.78 is 2.18. The first-order valence-electron chi connectivity index (χ1n) is 4.45. The zero-order valence-corrected chi connectivity index (χ0v) is 7.83. The maximum Gasteiger partial charge on any atom is 0.0948 e. The van der Waals surface area contributed by atoms with Gasteiger partial charge in [-0.25, -0.2) is 4.98 Å². The van der Waals surface area contributed by atoms with Gasteiger partial charge in [0.25, 0.3) is 0 Å². The monoisotopic (exact) mass is 167 g/mol. The number of aromatic nitrogens is 2. The van der Waals surface area contributed by atoms with Crippen LogP contribution in [0.2, 0.25) is 0 Å². The summed E-state index contributed by atoms with van der Waals surface area (Å²) in [4.78, 5) is 4.12. The third-order valence-corrected chi connectivity index (χ3v) is 1.94. The van der Waals surface area contributed by atoms with Gasteiger partial charge in [0.15, 0.2) is 0 Å². The molecule has 0 aliphatic rings. The molecule has 2 N–H and O–H groups in total. The van der Waals surface area contributed by atoms with Gasteiger partial charge in [0.2, 0.25) is 0 Å². The normalized spacial score (nSPS) is 11.0. The van der Waals surface area contributed by atoms with Crippen LogP contribution in [0.4, 0.5) is 0 Å². The van der Waals surface area contributed by atoms with E-state index in [9.17, 15) is 0 Å². The average Bonchev–Trinajstić information content (AvgIpc) is 2.48. The summed E-state index contributed by atoms with van der Waals surface area (Å²) >= 11 is 0. The highest BCUT2D eigenvalue weighted by Gasteiger charge is 2.04. The maximum atomic E-state index is 5.44. The molecule has 0 fully saturated rings. The maximum absolute atomic E-state index is 5.44.